The Bertz CT molecular complexity index is 1960. The highest BCUT2D eigenvalue weighted by atomic mass is 32.2. The van der Waals surface area contributed by atoms with Gasteiger partial charge in [0.15, 0.2) is 0 Å². The van der Waals surface area contributed by atoms with Crippen molar-refractivity contribution in [1.82, 2.24) is 23.2 Å². The van der Waals surface area contributed by atoms with Crippen LogP contribution in [0.4, 0.5) is 4.39 Å². The molecule has 0 aliphatic carbocycles. The van der Waals surface area contributed by atoms with E-state index in [1.165, 1.54) is 47.0 Å². The average molecular weight is 675 g/mol. The summed E-state index contributed by atoms with van der Waals surface area (Å²) in [6.45, 7) is 7.23. The molecule has 0 radical (unpaired) electrons. The third kappa shape index (κ3) is 6.48. The highest BCUT2D eigenvalue weighted by Crippen LogP contribution is 2.30. The minimum atomic E-state index is -4.49. The molecule has 2 aliphatic heterocycles. The van der Waals surface area contributed by atoms with Gasteiger partial charge in [0, 0.05) is 45.3 Å². The fourth-order valence-electron chi connectivity index (χ4n) is 6.83. The molecule has 2 saturated heterocycles. The van der Waals surface area contributed by atoms with Crippen LogP contribution in [-0.2, 0) is 14.8 Å². The third-order valence-electron chi connectivity index (χ3n) is 9.22. The van der Waals surface area contributed by atoms with Gasteiger partial charge in [-0.2, -0.15) is 9.23 Å². The van der Waals surface area contributed by atoms with Crippen molar-refractivity contribution in [3.05, 3.63) is 94.4 Å². The van der Waals surface area contributed by atoms with Crippen LogP contribution >= 0.6 is 0 Å². The zero-order valence-electron chi connectivity index (χ0n) is 26.9. The van der Waals surface area contributed by atoms with E-state index in [2.05, 4.69) is 22.8 Å². The number of nitriles is 1. The Morgan fingerprint density at radius 1 is 1.00 bits per heavy atom. The number of aromatic nitrogens is 2. The molecule has 48 heavy (non-hydrogen) atoms. The molecule has 2 atom stereocenters. The molecule has 0 spiro atoms. The number of halogens is 1. The number of hydrogen-bond donors (Lipinski definition) is 0. The SMILES string of the molecule is CCCN1CCN(C2CCN(C(=O)C(c3ccccc3)n3c(=O)n(S(=O)(=O)c4ccc(OCCF)cc4)c4ccc(C#N)cc43)C2)CC1. The van der Waals surface area contributed by atoms with Crippen LogP contribution in [0.3, 0.4) is 0 Å². The van der Waals surface area contributed by atoms with Crippen LogP contribution in [0.15, 0.2) is 82.5 Å². The van der Waals surface area contributed by atoms with Crippen molar-refractivity contribution in [2.24, 2.45) is 0 Å². The number of alkyl halides is 1. The summed E-state index contributed by atoms with van der Waals surface area (Å²) in [5.74, 6) is -0.0369. The van der Waals surface area contributed by atoms with Gasteiger partial charge in [-0.25, -0.2) is 17.6 Å². The van der Waals surface area contributed by atoms with Crippen LogP contribution in [0, 0.1) is 11.3 Å². The van der Waals surface area contributed by atoms with E-state index >= 15 is 0 Å². The molecule has 1 amide bonds. The maximum atomic E-state index is 14.6. The summed E-state index contributed by atoms with van der Waals surface area (Å²) in [5, 5.41) is 9.75. The number of rotatable bonds is 11. The van der Waals surface area contributed by atoms with Crippen molar-refractivity contribution in [2.45, 2.75) is 36.7 Å². The number of benzene rings is 3. The molecular weight excluding hydrogens is 635 g/mol. The Hall–Kier alpha value is -4.51. The van der Waals surface area contributed by atoms with E-state index in [1.807, 2.05) is 0 Å². The lowest BCUT2D eigenvalue weighted by Gasteiger charge is -2.38. The highest BCUT2D eigenvalue weighted by Gasteiger charge is 2.38. The molecule has 11 nitrogen and oxygen atoms in total. The van der Waals surface area contributed by atoms with Crippen LogP contribution in [0.25, 0.3) is 11.0 Å². The van der Waals surface area contributed by atoms with Crippen molar-refractivity contribution in [2.75, 3.05) is 59.1 Å². The van der Waals surface area contributed by atoms with Crippen LogP contribution < -0.4 is 10.4 Å². The monoisotopic (exact) mass is 674 g/mol. The summed E-state index contributed by atoms with van der Waals surface area (Å²) in [7, 11) is -4.49. The first-order chi connectivity index (χ1) is 23.3. The number of imidazole rings is 1. The van der Waals surface area contributed by atoms with Gasteiger partial charge in [0.1, 0.15) is 25.1 Å². The number of likely N-dealkylation sites (tertiary alicyclic amines) is 1. The van der Waals surface area contributed by atoms with Crippen LogP contribution in [0.5, 0.6) is 5.75 Å². The van der Waals surface area contributed by atoms with Crippen LogP contribution in [0.2, 0.25) is 0 Å². The average Bonchev–Trinajstić information content (AvgIpc) is 3.72. The van der Waals surface area contributed by atoms with Gasteiger partial charge < -0.3 is 14.5 Å². The molecule has 3 aromatic carbocycles. The fraction of sp³-hybridized carbons (Fsp3) is 0.400. The lowest BCUT2D eigenvalue weighted by atomic mass is 10.0. The van der Waals surface area contributed by atoms with Crippen molar-refractivity contribution >= 4 is 27.0 Å². The first-order valence-corrected chi connectivity index (χ1v) is 17.7. The maximum absolute atomic E-state index is 14.6. The number of amides is 1. The predicted octanol–water partition coefficient (Wildman–Crippen LogP) is 3.48. The van der Waals surface area contributed by atoms with E-state index in [0.717, 1.165) is 45.6 Å². The number of fused-ring (bicyclic) bond motifs is 1. The standard InChI is InChI=1S/C35H39FN6O5S/c1-2-16-38-18-20-39(21-19-38)28-14-17-40(25-28)34(43)33(27-6-4-3-5-7-27)41-32-23-26(24-37)8-13-31(32)42(35(41)44)48(45,46)30-11-9-29(10-12-30)47-22-15-36/h3-13,23,28,33H,2,14-22,25H2,1H3. The Morgan fingerprint density at radius 2 is 1.73 bits per heavy atom. The molecule has 3 heterocycles. The van der Waals surface area contributed by atoms with Gasteiger partial charge in [0.05, 0.1) is 27.6 Å². The summed E-state index contributed by atoms with van der Waals surface area (Å²) in [4.78, 5) is 35.5. The number of nitrogens with zero attached hydrogens (tertiary/aromatic N) is 6. The van der Waals surface area contributed by atoms with Gasteiger partial charge in [-0.15, -0.1) is 0 Å². The summed E-state index contributed by atoms with van der Waals surface area (Å²) >= 11 is 0. The Morgan fingerprint density at radius 3 is 2.40 bits per heavy atom. The van der Waals surface area contributed by atoms with Gasteiger partial charge in [0.2, 0.25) is 0 Å². The van der Waals surface area contributed by atoms with Crippen molar-refractivity contribution in [1.29, 1.82) is 5.26 Å². The molecule has 0 saturated carbocycles. The molecular formula is C35H39FN6O5S. The second kappa shape index (κ2) is 14.3. The number of ether oxygens (including phenoxy) is 1. The minimum Gasteiger partial charge on any atom is -0.491 e. The number of carbonyl (C=O) groups excluding carboxylic acids is 1. The molecule has 1 aromatic heterocycles. The van der Waals surface area contributed by atoms with Gasteiger partial charge >= 0.3 is 5.69 Å². The maximum Gasteiger partial charge on any atom is 0.344 e. The first-order valence-electron chi connectivity index (χ1n) is 16.3. The summed E-state index contributed by atoms with van der Waals surface area (Å²) < 4.78 is 48.0. The third-order valence-corrected chi connectivity index (χ3v) is 10.9. The number of piperazine rings is 1. The van der Waals surface area contributed by atoms with Crippen molar-refractivity contribution < 1.29 is 22.3 Å². The molecule has 0 N–H and O–H groups in total. The quantitative estimate of drug-likeness (QED) is 0.237. The number of carbonyl (C=O) groups is 1. The highest BCUT2D eigenvalue weighted by molar-refractivity contribution is 7.90. The van der Waals surface area contributed by atoms with E-state index in [4.69, 9.17) is 4.74 Å². The zero-order valence-corrected chi connectivity index (χ0v) is 27.7. The van der Waals surface area contributed by atoms with Crippen molar-refractivity contribution in [3.8, 4) is 11.8 Å². The van der Waals surface area contributed by atoms with Crippen LogP contribution in [0.1, 0.15) is 36.9 Å². The second-order valence-electron chi connectivity index (χ2n) is 12.2. The van der Waals surface area contributed by atoms with E-state index in [9.17, 15) is 27.7 Å². The smallest absolute Gasteiger partial charge is 0.344 e. The van der Waals surface area contributed by atoms with E-state index in [0.29, 0.717) is 22.6 Å². The molecule has 6 rings (SSSR count). The molecule has 0 bridgehead atoms. The van der Waals surface area contributed by atoms with E-state index < -0.39 is 28.4 Å². The van der Waals surface area contributed by atoms with Gasteiger partial charge in [-0.3, -0.25) is 14.3 Å². The minimum absolute atomic E-state index is 0.0368. The number of hydrogen-bond acceptors (Lipinski definition) is 8. The van der Waals surface area contributed by atoms with E-state index in [-0.39, 0.29) is 45.8 Å². The molecule has 4 aromatic rings. The molecule has 2 aliphatic rings. The molecule has 2 fully saturated rings. The largest absolute Gasteiger partial charge is 0.491 e. The van der Waals surface area contributed by atoms with Crippen LogP contribution in [-0.4, -0.2) is 103 Å². The Balaban J connectivity index is 1.40. The second-order valence-corrected chi connectivity index (χ2v) is 14.0. The Kier molecular flexibility index (Phi) is 9.96. The summed E-state index contributed by atoms with van der Waals surface area (Å²) in [6, 6.07) is 19.6. The molecule has 13 heteroatoms. The molecule has 2 unspecified atom stereocenters. The fourth-order valence-corrected chi connectivity index (χ4v) is 8.23. The topological polar surface area (TPSA) is 121 Å². The Labute approximate surface area is 279 Å². The summed E-state index contributed by atoms with van der Waals surface area (Å²) in [5.41, 5.74) is -0.00891. The zero-order chi connectivity index (χ0) is 33.8. The van der Waals surface area contributed by atoms with Gasteiger partial charge in [-0.1, -0.05) is 37.3 Å². The normalized spacial score (nSPS) is 18.2. The van der Waals surface area contributed by atoms with Gasteiger partial charge in [-0.05, 0) is 67.4 Å². The lowest BCUT2D eigenvalue weighted by Crippen LogP contribution is -2.51. The van der Waals surface area contributed by atoms with Gasteiger partial charge in [0.25, 0.3) is 15.9 Å². The lowest BCUT2D eigenvalue weighted by molar-refractivity contribution is -0.132. The molecule has 252 valence electrons. The first kappa shape index (κ1) is 33.4. The predicted molar refractivity (Wildman–Crippen MR) is 179 cm³/mol. The van der Waals surface area contributed by atoms with E-state index in [1.54, 1.807) is 35.2 Å². The summed E-state index contributed by atoms with van der Waals surface area (Å²) in [6.07, 6.45) is 1.91. The van der Waals surface area contributed by atoms with Crippen molar-refractivity contribution in [3.63, 3.8) is 0 Å².